The molecule has 0 radical (unpaired) electrons. The van der Waals surface area contributed by atoms with Crippen LogP contribution >= 0.6 is 34.3 Å². The summed E-state index contributed by atoms with van der Waals surface area (Å²) in [6.45, 7) is 0. The maximum Gasteiger partial charge on any atom is 0.279 e. The highest BCUT2D eigenvalue weighted by molar-refractivity contribution is 7.26. The van der Waals surface area contributed by atoms with Crippen molar-refractivity contribution in [3.63, 3.8) is 0 Å². The molecule has 0 bridgehead atoms. The van der Waals surface area contributed by atoms with Crippen molar-refractivity contribution in [2.24, 2.45) is 0 Å². The van der Waals surface area contributed by atoms with Gasteiger partial charge in [-0.3, -0.25) is 20.4 Å². The Hall–Kier alpha value is -2.74. The molecule has 0 atom stereocenters. The summed E-state index contributed by atoms with van der Waals surface area (Å²) in [5, 5.41) is 1.48. The molecule has 2 N–H and O–H groups in total. The first-order chi connectivity index (χ1) is 13.6. The van der Waals surface area contributed by atoms with E-state index >= 15 is 0 Å². The molecule has 4 aromatic rings. The van der Waals surface area contributed by atoms with Crippen molar-refractivity contribution in [2.45, 2.75) is 6.42 Å². The van der Waals surface area contributed by atoms with E-state index in [9.17, 15) is 9.59 Å². The van der Waals surface area contributed by atoms with Crippen molar-refractivity contribution in [1.82, 2.24) is 15.8 Å². The molecule has 2 aromatic heterocycles. The minimum absolute atomic E-state index is 0.152. The Morgan fingerprint density at radius 2 is 1.71 bits per heavy atom. The van der Waals surface area contributed by atoms with Crippen molar-refractivity contribution >= 4 is 56.3 Å². The molecular formula is C20H14ClN3O2S2. The number of hydrogen-bond acceptors (Lipinski definition) is 5. The monoisotopic (exact) mass is 427 g/mol. The van der Waals surface area contributed by atoms with Gasteiger partial charge in [0.05, 0.1) is 26.4 Å². The number of aromatic nitrogens is 1. The largest absolute Gasteiger partial charge is 0.279 e. The molecule has 2 amide bonds. The molecule has 0 aliphatic carbocycles. The van der Waals surface area contributed by atoms with Gasteiger partial charge in [0, 0.05) is 5.02 Å². The van der Waals surface area contributed by atoms with E-state index in [0.29, 0.717) is 9.90 Å². The second-order valence-electron chi connectivity index (χ2n) is 5.96. The summed E-state index contributed by atoms with van der Waals surface area (Å²) in [7, 11) is 0. The number of carbonyl (C=O) groups is 2. The van der Waals surface area contributed by atoms with Crippen LogP contribution in [0.4, 0.5) is 0 Å². The van der Waals surface area contributed by atoms with E-state index in [-0.39, 0.29) is 18.2 Å². The van der Waals surface area contributed by atoms with Crippen molar-refractivity contribution in [3.05, 3.63) is 76.1 Å². The normalized spacial score (nSPS) is 10.8. The zero-order valence-corrected chi connectivity index (χ0v) is 16.8. The molecule has 5 nitrogen and oxygen atoms in total. The van der Waals surface area contributed by atoms with Gasteiger partial charge in [-0.25, -0.2) is 4.98 Å². The molecule has 0 saturated heterocycles. The Bertz CT molecular complexity index is 1120. The molecule has 2 heterocycles. The summed E-state index contributed by atoms with van der Waals surface area (Å²) in [5.41, 5.74) is 6.64. The third kappa shape index (κ3) is 4.22. The van der Waals surface area contributed by atoms with Crippen LogP contribution in [0, 0.1) is 0 Å². The lowest BCUT2D eigenvalue weighted by Crippen LogP contribution is -2.42. The van der Waals surface area contributed by atoms with Crippen LogP contribution in [-0.2, 0) is 11.2 Å². The smallest absolute Gasteiger partial charge is 0.273 e. The Balaban J connectivity index is 1.37. The van der Waals surface area contributed by atoms with E-state index in [1.165, 1.54) is 11.3 Å². The Morgan fingerprint density at radius 1 is 0.929 bits per heavy atom. The first kappa shape index (κ1) is 18.6. The van der Waals surface area contributed by atoms with Crippen molar-refractivity contribution in [1.29, 1.82) is 0 Å². The fourth-order valence-corrected chi connectivity index (χ4v) is 4.62. The molecule has 140 valence electrons. The fourth-order valence-electron chi connectivity index (χ4n) is 2.57. The van der Waals surface area contributed by atoms with E-state index in [2.05, 4.69) is 15.8 Å². The number of rotatable bonds is 4. The Labute approximate surface area is 174 Å². The maximum absolute atomic E-state index is 12.3. The van der Waals surface area contributed by atoms with E-state index in [1.807, 2.05) is 30.3 Å². The number of carbonyl (C=O) groups excluding carboxylic acids is 2. The summed E-state index contributed by atoms with van der Waals surface area (Å²) in [5.74, 6) is -0.666. The quantitative estimate of drug-likeness (QED) is 0.464. The van der Waals surface area contributed by atoms with Crippen LogP contribution in [-0.4, -0.2) is 16.8 Å². The van der Waals surface area contributed by atoms with Crippen molar-refractivity contribution < 1.29 is 9.59 Å². The average molecular weight is 428 g/mol. The molecular weight excluding hydrogens is 414 g/mol. The average Bonchev–Trinajstić information content (AvgIpc) is 3.35. The zero-order valence-electron chi connectivity index (χ0n) is 14.4. The number of thiazole rings is 1. The van der Waals surface area contributed by atoms with Gasteiger partial charge in [0.15, 0.2) is 0 Å². The minimum atomic E-state index is -0.359. The number of benzene rings is 2. The molecule has 0 spiro atoms. The lowest BCUT2D eigenvalue weighted by molar-refractivity contribution is -0.121. The summed E-state index contributed by atoms with van der Waals surface area (Å²) < 4.78 is 1.10. The number of fused-ring (bicyclic) bond motifs is 1. The van der Waals surface area contributed by atoms with Gasteiger partial charge >= 0.3 is 0 Å². The van der Waals surface area contributed by atoms with Gasteiger partial charge in [-0.2, -0.15) is 0 Å². The minimum Gasteiger partial charge on any atom is -0.273 e. The number of hydrogen-bond donors (Lipinski definition) is 2. The second kappa shape index (κ2) is 8.10. The lowest BCUT2D eigenvalue weighted by atomic mass is 10.1. The SMILES string of the molecule is O=C(Cc1ccc(Cl)cc1)NNC(=O)c1ccc(-c2nc3ccccc3s2)s1. The molecule has 0 aliphatic heterocycles. The third-order valence-electron chi connectivity index (χ3n) is 3.93. The zero-order chi connectivity index (χ0) is 19.5. The molecule has 0 saturated carbocycles. The Kier molecular flexibility index (Phi) is 5.38. The highest BCUT2D eigenvalue weighted by Gasteiger charge is 2.14. The maximum atomic E-state index is 12.3. The third-order valence-corrected chi connectivity index (χ3v) is 6.47. The summed E-state index contributed by atoms with van der Waals surface area (Å²) in [6, 6.07) is 18.5. The number of para-hydroxylation sites is 1. The molecule has 0 aliphatic rings. The Morgan fingerprint density at radius 3 is 2.50 bits per heavy atom. The molecule has 0 fully saturated rings. The molecule has 8 heteroatoms. The highest BCUT2D eigenvalue weighted by Crippen LogP contribution is 2.34. The van der Waals surface area contributed by atoms with Crippen molar-refractivity contribution in [3.8, 4) is 9.88 Å². The predicted octanol–water partition coefficient (Wildman–Crippen LogP) is 4.68. The van der Waals surface area contributed by atoms with Gasteiger partial charge in [-0.05, 0) is 42.0 Å². The number of nitrogens with zero attached hydrogens (tertiary/aromatic N) is 1. The number of thiophene rings is 1. The topological polar surface area (TPSA) is 71.1 Å². The van der Waals surface area contributed by atoms with Crippen LogP contribution in [0.2, 0.25) is 5.02 Å². The van der Waals surface area contributed by atoms with E-state index in [1.54, 1.807) is 41.7 Å². The van der Waals surface area contributed by atoms with Crippen molar-refractivity contribution in [2.75, 3.05) is 0 Å². The van der Waals surface area contributed by atoms with Gasteiger partial charge < -0.3 is 0 Å². The second-order valence-corrected chi connectivity index (χ2v) is 8.51. The van der Waals surface area contributed by atoms with Gasteiger partial charge in [0.1, 0.15) is 5.01 Å². The molecule has 4 rings (SSSR count). The van der Waals surface area contributed by atoms with Crippen LogP contribution in [0.25, 0.3) is 20.1 Å². The standard InChI is InChI=1S/C20H14ClN3O2S2/c21-13-7-5-12(6-8-13)11-18(25)23-24-19(26)16-9-10-17(27-16)20-22-14-3-1-2-4-15(14)28-20/h1-10H,11H2,(H,23,25)(H,24,26). The van der Waals surface area contributed by atoms with E-state index < -0.39 is 0 Å². The van der Waals surface area contributed by atoms with Gasteiger partial charge in [0.25, 0.3) is 5.91 Å². The number of hydrazine groups is 1. The lowest BCUT2D eigenvalue weighted by Gasteiger charge is -2.06. The first-order valence-electron chi connectivity index (χ1n) is 8.38. The highest BCUT2D eigenvalue weighted by atomic mass is 35.5. The summed E-state index contributed by atoms with van der Waals surface area (Å²) in [4.78, 5) is 30.3. The van der Waals surface area contributed by atoms with Gasteiger partial charge in [0.2, 0.25) is 5.91 Å². The van der Waals surface area contributed by atoms with Crippen LogP contribution in [0.3, 0.4) is 0 Å². The summed E-state index contributed by atoms with van der Waals surface area (Å²) in [6.07, 6.45) is 0.152. The van der Waals surface area contributed by atoms with E-state index in [4.69, 9.17) is 11.6 Å². The molecule has 28 heavy (non-hydrogen) atoms. The number of nitrogens with one attached hydrogen (secondary N) is 2. The number of halogens is 1. The summed E-state index contributed by atoms with van der Waals surface area (Å²) >= 11 is 8.75. The fraction of sp³-hybridized carbons (Fsp3) is 0.0500. The van der Waals surface area contributed by atoms with Crippen LogP contribution in [0.1, 0.15) is 15.2 Å². The van der Waals surface area contributed by atoms with Crippen LogP contribution in [0.15, 0.2) is 60.7 Å². The molecule has 2 aromatic carbocycles. The van der Waals surface area contributed by atoms with Crippen LogP contribution < -0.4 is 10.9 Å². The van der Waals surface area contributed by atoms with Crippen LogP contribution in [0.5, 0.6) is 0 Å². The molecule has 0 unspecified atom stereocenters. The predicted molar refractivity (Wildman–Crippen MR) is 114 cm³/mol. The van der Waals surface area contributed by atoms with Gasteiger partial charge in [-0.15, -0.1) is 22.7 Å². The van der Waals surface area contributed by atoms with Gasteiger partial charge in [-0.1, -0.05) is 35.9 Å². The number of amides is 2. The van der Waals surface area contributed by atoms with E-state index in [0.717, 1.165) is 25.7 Å². The first-order valence-corrected chi connectivity index (χ1v) is 10.4.